The highest BCUT2D eigenvalue weighted by Crippen LogP contribution is 2.40. The number of aromatic nitrogens is 2. The van der Waals surface area contributed by atoms with Gasteiger partial charge in [-0.1, -0.05) is 31.4 Å². The van der Waals surface area contributed by atoms with E-state index in [0.717, 1.165) is 36.2 Å². The molecule has 6 heteroatoms. The minimum absolute atomic E-state index is 0.0654. The van der Waals surface area contributed by atoms with Crippen LogP contribution in [0.4, 0.5) is 0 Å². The van der Waals surface area contributed by atoms with Crippen molar-refractivity contribution in [3.05, 3.63) is 40.3 Å². The number of quaternary nitrogens is 1. The molecule has 6 nitrogen and oxygen atoms in total. The van der Waals surface area contributed by atoms with Crippen molar-refractivity contribution in [2.24, 2.45) is 11.8 Å². The largest absolute Gasteiger partial charge is 0.476 e. The lowest BCUT2D eigenvalue weighted by Gasteiger charge is -2.52. The number of benzene rings is 1. The average Bonchev–Trinajstić information content (AvgIpc) is 2.77. The fraction of sp³-hybridized carbons (Fsp3) is 0.654. The number of rotatable bonds is 3. The standard InChI is InChI=1S/C26H33N3O3/c30-25-24(26(31)32)27-22-9-1-2-10-23(22)29(25)21-14-18-7-4-8-19(15-21)28(18)20-12-16-5-3-6-17(11-16)13-20/h1-2,9-10,16-21H,3-8,11-15H2,(H,31,32)/p+1. The van der Waals surface area contributed by atoms with Gasteiger partial charge in [0, 0.05) is 31.7 Å². The second-order valence-electron chi connectivity index (χ2n) is 10.9. The molecule has 1 aromatic heterocycles. The normalized spacial score (nSPS) is 36.7. The summed E-state index contributed by atoms with van der Waals surface area (Å²) >= 11 is 0. The molecule has 0 spiro atoms. The number of nitrogens with zero attached hydrogens (tertiary/aromatic N) is 2. The van der Waals surface area contributed by atoms with E-state index >= 15 is 0 Å². The fourth-order valence-corrected chi connectivity index (χ4v) is 8.08. The predicted octanol–water partition coefficient (Wildman–Crippen LogP) is 3.20. The van der Waals surface area contributed by atoms with E-state index in [-0.39, 0.29) is 11.7 Å². The maximum atomic E-state index is 13.3. The second-order valence-corrected chi connectivity index (χ2v) is 10.9. The van der Waals surface area contributed by atoms with Crippen LogP contribution < -0.4 is 10.5 Å². The summed E-state index contributed by atoms with van der Waals surface area (Å²) in [5, 5.41) is 9.62. The summed E-state index contributed by atoms with van der Waals surface area (Å²) in [5.41, 5.74) is 0.601. The van der Waals surface area contributed by atoms with E-state index in [9.17, 15) is 14.7 Å². The number of carbonyl (C=O) groups is 1. The van der Waals surface area contributed by atoms with Crippen molar-refractivity contribution in [3.63, 3.8) is 0 Å². The van der Waals surface area contributed by atoms with Crippen LogP contribution in [0, 0.1) is 11.8 Å². The lowest BCUT2D eigenvalue weighted by Crippen LogP contribution is -3.24. The summed E-state index contributed by atoms with van der Waals surface area (Å²) in [4.78, 5) is 31.1. The molecule has 2 aromatic rings. The van der Waals surface area contributed by atoms with Gasteiger partial charge in [-0.15, -0.1) is 0 Å². The number of aromatic carboxylic acids is 1. The van der Waals surface area contributed by atoms with Gasteiger partial charge in [-0.2, -0.15) is 0 Å². The Morgan fingerprint density at radius 3 is 2.25 bits per heavy atom. The van der Waals surface area contributed by atoms with E-state index < -0.39 is 11.5 Å². The first-order valence-electron chi connectivity index (χ1n) is 12.7. The molecule has 2 saturated carbocycles. The maximum absolute atomic E-state index is 13.3. The third-order valence-electron chi connectivity index (χ3n) is 9.12. The SMILES string of the molecule is O=C(O)c1nc2ccccc2n(C2CC3CCCC(C2)[NH+]3C2CC3CCCC(C3)C2)c1=O. The highest BCUT2D eigenvalue weighted by atomic mass is 16.4. The number of carboxylic acid groups (broad SMARTS) is 1. The first kappa shape index (κ1) is 20.4. The maximum Gasteiger partial charge on any atom is 0.360 e. The van der Waals surface area contributed by atoms with Crippen LogP contribution in [0.5, 0.6) is 0 Å². The van der Waals surface area contributed by atoms with E-state index in [4.69, 9.17) is 0 Å². The number of nitrogens with one attached hydrogen (secondary N) is 1. The Morgan fingerprint density at radius 1 is 0.906 bits per heavy atom. The van der Waals surface area contributed by atoms with Gasteiger partial charge < -0.3 is 14.6 Å². The minimum Gasteiger partial charge on any atom is -0.476 e. The van der Waals surface area contributed by atoms with Crippen molar-refractivity contribution in [1.82, 2.24) is 9.55 Å². The van der Waals surface area contributed by atoms with Crippen molar-refractivity contribution in [3.8, 4) is 0 Å². The zero-order chi connectivity index (χ0) is 21.8. The highest BCUT2D eigenvalue weighted by molar-refractivity contribution is 5.88. The number of para-hydroxylation sites is 2. The van der Waals surface area contributed by atoms with Crippen LogP contribution >= 0.6 is 0 Å². The number of fused-ring (bicyclic) bond motifs is 5. The van der Waals surface area contributed by atoms with Gasteiger partial charge in [0.2, 0.25) is 5.69 Å². The second kappa shape index (κ2) is 7.98. The molecule has 2 aliphatic heterocycles. The summed E-state index contributed by atoms with van der Waals surface area (Å²) < 4.78 is 1.80. The summed E-state index contributed by atoms with van der Waals surface area (Å²) in [7, 11) is 0. The van der Waals surface area contributed by atoms with Gasteiger partial charge in [-0.3, -0.25) is 4.79 Å². The van der Waals surface area contributed by atoms with Crippen LogP contribution in [0.3, 0.4) is 0 Å². The summed E-state index contributed by atoms with van der Waals surface area (Å²) in [5.74, 6) is 0.637. The number of piperidine rings is 2. The molecular weight excluding hydrogens is 402 g/mol. The molecule has 32 heavy (non-hydrogen) atoms. The molecule has 1 aromatic carbocycles. The number of hydrogen-bond donors (Lipinski definition) is 2. The van der Waals surface area contributed by atoms with Gasteiger partial charge in [0.15, 0.2) is 0 Å². The smallest absolute Gasteiger partial charge is 0.360 e. The van der Waals surface area contributed by atoms with Crippen molar-refractivity contribution in [1.29, 1.82) is 0 Å². The zero-order valence-electron chi connectivity index (χ0n) is 18.7. The molecular formula is C26H34N3O3+. The van der Waals surface area contributed by atoms with Gasteiger partial charge in [-0.25, -0.2) is 9.78 Å². The van der Waals surface area contributed by atoms with E-state index in [2.05, 4.69) is 4.98 Å². The van der Waals surface area contributed by atoms with Crippen LogP contribution in [0.25, 0.3) is 11.0 Å². The van der Waals surface area contributed by atoms with Gasteiger partial charge in [-0.05, 0) is 49.7 Å². The van der Waals surface area contributed by atoms with Gasteiger partial charge in [0.1, 0.15) is 0 Å². The molecule has 0 radical (unpaired) electrons. The summed E-state index contributed by atoms with van der Waals surface area (Å²) in [6, 6.07) is 9.55. The Hall–Kier alpha value is -2.21. The molecule has 6 rings (SSSR count). The van der Waals surface area contributed by atoms with Gasteiger partial charge in [0.05, 0.1) is 29.2 Å². The molecule has 2 N–H and O–H groups in total. The van der Waals surface area contributed by atoms with Crippen LogP contribution in [0.2, 0.25) is 0 Å². The van der Waals surface area contributed by atoms with Crippen molar-refractivity contribution >= 4 is 17.0 Å². The molecule has 3 heterocycles. The minimum atomic E-state index is -1.23. The molecule has 4 aliphatic rings. The molecule has 2 saturated heterocycles. The summed E-state index contributed by atoms with van der Waals surface area (Å²) in [6.07, 6.45) is 14.2. The van der Waals surface area contributed by atoms with Crippen LogP contribution in [0.1, 0.15) is 87.2 Å². The molecule has 4 fully saturated rings. The quantitative estimate of drug-likeness (QED) is 0.775. The zero-order valence-corrected chi connectivity index (χ0v) is 18.7. The van der Waals surface area contributed by atoms with Gasteiger partial charge >= 0.3 is 5.97 Å². The van der Waals surface area contributed by atoms with E-state index in [1.165, 1.54) is 57.8 Å². The molecule has 2 aliphatic carbocycles. The number of carboxylic acids is 1. The van der Waals surface area contributed by atoms with E-state index in [0.29, 0.717) is 17.6 Å². The first-order chi connectivity index (χ1) is 15.6. The third-order valence-corrected chi connectivity index (χ3v) is 9.12. The van der Waals surface area contributed by atoms with Crippen LogP contribution in [-0.2, 0) is 0 Å². The topological polar surface area (TPSA) is 76.6 Å². The molecule has 4 bridgehead atoms. The molecule has 0 amide bonds. The molecule has 4 atom stereocenters. The highest BCUT2D eigenvalue weighted by Gasteiger charge is 2.48. The predicted molar refractivity (Wildman–Crippen MR) is 122 cm³/mol. The van der Waals surface area contributed by atoms with E-state index in [1.807, 2.05) is 29.2 Å². The monoisotopic (exact) mass is 436 g/mol. The van der Waals surface area contributed by atoms with Gasteiger partial charge in [0.25, 0.3) is 5.56 Å². The fourth-order valence-electron chi connectivity index (χ4n) is 8.08. The Kier molecular flexibility index (Phi) is 5.09. The molecule has 170 valence electrons. The van der Waals surface area contributed by atoms with Crippen molar-refractivity contribution in [2.75, 3.05) is 0 Å². The Bertz CT molecular complexity index is 1070. The average molecular weight is 437 g/mol. The Balaban J connectivity index is 1.35. The Labute approximate surface area is 188 Å². The Morgan fingerprint density at radius 2 is 1.56 bits per heavy atom. The third kappa shape index (κ3) is 3.38. The van der Waals surface area contributed by atoms with Crippen LogP contribution in [-0.4, -0.2) is 38.8 Å². The lowest BCUT2D eigenvalue weighted by molar-refractivity contribution is -0.986. The summed E-state index contributed by atoms with van der Waals surface area (Å²) in [6.45, 7) is 0. The lowest BCUT2D eigenvalue weighted by atomic mass is 9.68. The van der Waals surface area contributed by atoms with Crippen molar-refractivity contribution in [2.45, 2.75) is 94.8 Å². The van der Waals surface area contributed by atoms with Crippen molar-refractivity contribution < 1.29 is 14.8 Å². The van der Waals surface area contributed by atoms with Crippen LogP contribution in [0.15, 0.2) is 29.1 Å². The van der Waals surface area contributed by atoms with E-state index in [1.54, 1.807) is 4.57 Å². The molecule has 4 unspecified atom stereocenters. The first-order valence-corrected chi connectivity index (χ1v) is 12.7. The number of hydrogen-bond acceptors (Lipinski definition) is 3.